The highest BCUT2D eigenvalue weighted by atomic mass is 19.1. The van der Waals surface area contributed by atoms with E-state index < -0.39 is 11.6 Å². The maximum absolute atomic E-state index is 13.1. The van der Waals surface area contributed by atoms with Gasteiger partial charge in [-0.15, -0.1) is 5.10 Å². The van der Waals surface area contributed by atoms with E-state index in [1.165, 1.54) is 16.8 Å². The Morgan fingerprint density at radius 2 is 1.89 bits per heavy atom. The third-order valence-corrected chi connectivity index (χ3v) is 2.40. The van der Waals surface area contributed by atoms with E-state index in [2.05, 4.69) is 15.6 Å². The van der Waals surface area contributed by atoms with Gasteiger partial charge >= 0.3 is 0 Å². The molecular formula is C12H14F2N4. The highest BCUT2D eigenvalue weighted by Crippen LogP contribution is 2.13. The van der Waals surface area contributed by atoms with E-state index in [4.69, 9.17) is 0 Å². The average Bonchev–Trinajstić information content (AvgIpc) is 2.72. The summed E-state index contributed by atoms with van der Waals surface area (Å²) in [4.78, 5) is 0. The van der Waals surface area contributed by atoms with Gasteiger partial charge in [0.15, 0.2) is 0 Å². The molecule has 4 nitrogen and oxygen atoms in total. The molecule has 2 aromatic rings. The molecule has 18 heavy (non-hydrogen) atoms. The fourth-order valence-corrected chi connectivity index (χ4v) is 1.56. The molecule has 0 bridgehead atoms. The first-order valence-electron chi connectivity index (χ1n) is 5.65. The number of halogens is 2. The zero-order valence-electron chi connectivity index (χ0n) is 10.2. The van der Waals surface area contributed by atoms with Gasteiger partial charge in [0.2, 0.25) is 0 Å². The van der Waals surface area contributed by atoms with Crippen LogP contribution < -0.4 is 5.32 Å². The van der Waals surface area contributed by atoms with Crippen molar-refractivity contribution in [3.63, 3.8) is 0 Å². The lowest BCUT2D eigenvalue weighted by molar-refractivity contribution is 0.562. The van der Waals surface area contributed by atoms with Crippen LogP contribution in [0.15, 0.2) is 24.4 Å². The molecular weight excluding hydrogens is 238 g/mol. The Balaban J connectivity index is 2.30. The summed E-state index contributed by atoms with van der Waals surface area (Å²) in [6.45, 7) is 4.55. The van der Waals surface area contributed by atoms with Crippen LogP contribution in [-0.2, 0) is 6.54 Å². The quantitative estimate of drug-likeness (QED) is 0.905. The van der Waals surface area contributed by atoms with Crippen molar-refractivity contribution in [3.8, 4) is 5.69 Å². The summed E-state index contributed by atoms with van der Waals surface area (Å²) < 4.78 is 27.7. The van der Waals surface area contributed by atoms with Crippen LogP contribution in [0.4, 0.5) is 8.78 Å². The van der Waals surface area contributed by atoms with Crippen LogP contribution in [0.25, 0.3) is 5.69 Å². The summed E-state index contributed by atoms with van der Waals surface area (Å²) in [7, 11) is 0. The van der Waals surface area contributed by atoms with E-state index in [1.54, 1.807) is 6.20 Å². The molecule has 0 saturated carbocycles. The molecule has 1 aromatic heterocycles. The van der Waals surface area contributed by atoms with E-state index in [0.29, 0.717) is 18.3 Å². The van der Waals surface area contributed by atoms with Crippen molar-refractivity contribution >= 4 is 0 Å². The second-order valence-corrected chi connectivity index (χ2v) is 4.30. The van der Waals surface area contributed by atoms with Crippen molar-refractivity contribution in [2.24, 2.45) is 0 Å². The monoisotopic (exact) mass is 252 g/mol. The topological polar surface area (TPSA) is 42.7 Å². The van der Waals surface area contributed by atoms with Crippen molar-refractivity contribution in [1.82, 2.24) is 20.3 Å². The van der Waals surface area contributed by atoms with Crippen LogP contribution in [0.1, 0.15) is 19.5 Å². The van der Waals surface area contributed by atoms with Crippen LogP contribution >= 0.6 is 0 Å². The Morgan fingerprint density at radius 1 is 1.22 bits per heavy atom. The first-order valence-corrected chi connectivity index (χ1v) is 5.65. The van der Waals surface area contributed by atoms with Gasteiger partial charge in [-0.2, -0.15) is 0 Å². The predicted octanol–water partition coefficient (Wildman–Crippen LogP) is 2.04. The molecule has 0 radical (unpaired) electrons. The molecule has 0 aliphatic rings. The van der Waals surface area contributed by atoms with E-state index in [1.807, 2.05) is 13.8 Å². The first kappa shape index (κ1) is 12.6. The van der Waals surface area contributed by atoms with Gasteiger partial charge in [-0.1, -0.05) is 19.1 Å². The van der Waals surface area contributed by atoms with Crippen LogP contribution in [0.2, 0.25) is 0 Å². The van der Waals surface area contributed by atoms with Gasteiger partial charge in [0, 0.05) is 18.7 Å². The summed E-state index contributed by atoms with van der Waals surface area (Å²) in [5, 5.41) is 10.8. The standard InChI is InChI=1S/C12H14F2N4/c1-8(2)15-6-12-7-16-17-18(12)11-4-9(13)3-10(14)5-11/h3-5,7-8,15H,6H2,1-2H3. The molecule has 0 aliphatic heterocycles. The van der Waals surface area contributed by atoms with E-state index in [0.717, 1.165) is 11.8 Å². The lowest BCUT2D eigenvalue weighted by atomic mass is 10.3. The number of hydrogen-bond acceptors (Lipinski definition) is 3. The molecule has 6 heteroatoms. The van der Waals surface area contributed by atoms with Gasteiger partial charge in [-0.3, -0.25) is 0 Å². The Labute approximate surface area is 104 Å². The molecule has 2 rings (SSSR count). The Morgan fingerprint density at radius 3 is 2.50 bits per heavy atom. The number of rotatable bonds is 4. The Bertz CT molecular complexity index is 516. The average molecular weight is 252 g/mol. The smallest absolute Gasteiger partial charge is 0.128 e. The fraction of sp³-hybridized carbons (Fsp3) is 0.333. The molecule has 0 spiro atoms. The minimum Gasteiger partial charge on any atom is -0.309 e. The second kappa shape index (κ2) is 5.22. The van der Waals surface area contributed by atoms with E-state index >= 15 is 0 Å². The van der Waals surface area contributed by atoms with Crippen molar-refractivity contribution in [2.45, 2.75) is 26.4 Å². The maximum atomic E-state index is 13.1. The molecule has 0 unspecified atom stereocenters. The number of hydrogen-bond donors (Lipinski definition) is 1. The summed E-state index contributed by atoms with van der Waals surface area (Å²) in [5.74, 6) is -1.27. The SMILES string of the molecule is CC(C)NCc1cnnn1-c1cc(F)cc(F)c1. The second-order valence-electron chi connectivity index (χ2n) is 4.30. The molecule has 1 N–H and O–H groups in total. The number of nitrogens with one attached hydrogen (secondary N) is 1. The Kier molecular flexibility index (Phi) is 3.66. The first-order chi connectivity index (χ1) is 8.56. The molecule has 0 saturated heterocycles. The van der Waals surface area contributed by atoms with Crippen molar-refractivity contribution < 1.29 is 8.78 Å². The van der Waals surface area contributed by atoms with Gasteiger partial charge in [0.25, 0.3) is 0 Å². The summed E-state index contributed by atoms with van der Waals surface area (Å²) in [6, 6.07) is 3.57. The molecule has 0 aliphatic carbocycles. The number of benzene rings is 1. The third-order valence-electron chi connectivity index (χ3n) is 2.40. The number of aromatic nitrogens is 3. The molecule has 0 amide bonds. The molecule has 0 fully saturated rings. The minimum absolute atomic E-state index is 0.303. The summed E-state index contributed by atoms with van der Waals surface area (Å²) in [6.07, 6.45) is 1.57. The maximum Gasteiger partial charge on any atom is 0.128 e. The minimum atomic E-state index is -0.636. The lowest BCUT2D eigenvalue weighted by Gasteiger charge is -2.09. The van der Waals surface area contributed by atoms with Crippen LogP contribution in [0, 0.1) is 11.6 Å². The van der Waals surface area contributed by atoms with E-state index in [-0.39, 0.29) is 0 Å². The fourth-order valence-electron chi connectivity index (χ4n) is 1.56. The summed E-state index contributed by atoms with van der Waals surface area (Å²) in [5.41, 5.74) is 1.07. The van der Waals surface area contributed by atoms with Crippen LogP contribution in [0.3, 0.4) is 0 Å². The normalized spacial score (nSPS) is 11.2. The third kappa shape index (κ3) is 2.89. The van der Waals surface area contributed by atoms with Gasteiger partial charge < -0.3 is 5.32 Å². The zero-order chi connectivity index (χ0) is 13.1. The Hall–Kier alpha value is -1.82. The highest BCUT2D eigenvalue weighted by Gasteiger charge is 2.09. The molecule has 1 aromatic carbocycles. The predicted molar refractivity (Wildman–Crippen MR) is 63.3 cm³/mol. The molecule has 96 valence electrons. The molecule has 0 atom stereocenters. The molecule has 1 heterocycles. The van der Waals surface area contributed by atoms with Gasteiger partial charge in [-0.25, -0.2) is 13.5 Å². The largest absolute Gasteiger partial charge is 0.309 e. The summed E-state index contributed by atoms with van der Waals surface area (Å²) >= 11 is 0. The van der Waals surface area contributed by atoms with Crippen molar-refractivity contribution in [1.29, 1.82) is 0 Å². The van der Waals surface area contributed by atoms with Gasteiger partial charge in [0.05, 0.1) is 17.6 Å². The zero-order valence-corrected chi connectivity index (χ0v) is 10.2. The van der Waals surface area contributed by atoms with Gasteiger partial charge in [0.1, 0.15) is 11.6 Å². The number of nitrogens with zero attached hydrogens (tertiary/aromatic N) is 3. The lowest BCUT2D eigenvalue weighted by Crippen LogP contribution is -2.23. The van der Waals surface area contributed by atoms with E-state index in [9.17, 15) is 8.78 Å². The van der Waals surface area contributed by atoms with Crippen LogP contribution in [0.5, 0.6) is 0 Å². The van der Waals surface area contributed by atoms with Crippen molar-refractivity contribution in [3.05, 3.63) is 41.7 Å². The van der Waals surface area contributed by atoms with Crippen molar-refractivity contribution in [2.75, 3.05) is 0 Å². The van der Waals surface area contributed by atoms with Crippen LogP contribution in [-0.4, -0.2) is 21.0 Å². The highest BCUT2D eigenvalue weighted by molar-refractivity contribution is 5.33. The van der Waals surface area contributed by atoms with Gasteiger partial charge in [-0.05, 0) is 12.1 Å².